The van der Waals surface area contributed by atoms with Crippen LogP contribution in [0.3, 0.4) is 0 Å². The minimum absolute atomic E-state index is 0.210. The highest BCUT2D eigenvalue weighted by Gasteiger charge is 2.28. The molecule has 100 valence electrons. The third-order valence-corrected chi connectivity index (χ3v) is 3.53. The van der Waals surface area contributed by atoms with E-state index in [1.54, 1.807) is 0 Å². The van der Waals surface area contributed by atoms with Crippen LogP contribution in [0.5, 0.6) is 0 Å². The Morgan fingerprint density at radius 2 is 2.11 bits per heavy atom. The first kappa shape index (κ1) is 13.6. The van der Waals surface area contributed by atoms with E-state index in [0.717, 1.165) is 18.4 Å². The Morgan fingerprint density at radius 3 is 2.68 bits per heavy atom. The molecule has 1 saturated carbocycles. The molecule has 0 aromatic heterocycles. The maximum atomic E-state index is 11.9. The Hall–Kier alpha value is -1.86. The van der Waals surface area contributed by atoms with Crippen LogP contribution in [0, 0.1) is 23.2 Å². The minimum atomic E-state index is -0.646. The van der Waals surface area contributed by atoms with Crippen LogP contribution < -0.4 is 5.32 Å². The Kier molecular flexibility index (Phi) is 4.53. The molecular formula is C15H18N2O2. The predicted molar refractivity (Wildman–Crippen MR) is 71.0 cm³/mol. The summed E-state index contributed by atoms with van der Waals surface area (Å²) in [5.41, 5.74) is 0.989. The van der Waals surface area contributed by atoms with E-state index in [0.29, 0.717) is 18.9 Å². The molecule has 4 nitrogen and oxygen atoms in total. The number of nitrogens with zero attached hydrogens (tertiary/aromatic N) is 1. The number of nitriles is 1. The van der Waals surface area contributed by atoms with Gasteiger partial charge in [0.2, 0.25) is 5.91 Å². The molecule has 2 rings (SSSR count). The molecule has 2 N–H and O–H groups in total. The third-order valence-electron chi connectivity index (χ3n) is 3.53. The zero-order chi connectivity index (χ0) is 13.7. The van der Waals surface area contributed by atoms with Crippen molar-refractivity contribution >= 4 is 5.91 Å². The van der Waals surface area contributed by atoms with E-state index in [4.69, 9.17) is 10.4 Å². The molecule has 19 heavy (non-hydrogen) atoms. The smallest absolute Gasteiger partial charge is 0.237 e. The maximum absolute atomic E-state index is 11.9. The van der Waals surface area contributed by atoms with E-state index in [1.165, 1.54) is 0 Å². The number of aliphatic hydroxyl groups excluding tert-OH is 1. The lowest BCUT2D eigenvalue weighted by Crippen LogP contribution is -2.40. The number of hydrogen-bond acceptors (Lipinski definition) is 3. The highest BCUT2D eigenvalue weighted by molar-refractivity contribution is 5.81. The molecule has 1 aromatic carbocycles. The number of aliphatic hydroxyl groups is 1. The van der Waals surface area contributed by atoms with Gasteiger partial charge in [0.15, 0.2) is 0 Å². The lowest BCUT2D eigenvalue weighted by molar-refractivity contribution is -0.124. The van der Waals surface area contributed by atoms with E-state index in [2.05, 4.69) is 11.4 Å². The summed E-state index contributed by atoms with van der Waals surface area (Å²) >= 11 is 0. The van der Waals surface area contributed by atoms with Crippen molar-refractivity contribution < 1.29 is 9.90 Å². The summed E-state index contributed by atoms with van der Waals surface area (Å²) in [7, 11) is 0. The van der Waals surface area contributed by atoms with Gasteiger partial charge < -0.3 is 10.4 Å². The van der Waals surface area contributed by atoms with Crippen LogP contribution in [0.25, 0.3) is 0 Å². The number of benzene rings is 1. The second kappa shape index (κ2) is 6.35. The summed E-state index contributed by atoms with van der Waals surface area (Å²) in [5, 5.41) is 21.1. The van der Waals surface area contributed by atoms with Crippen LogP contribution in [0.1, 0.15) is 18.4 Å². The van der Waals surface area contributed by atoms with Crippen molar-refractivity contribution in [2.24, 2.45) is 11.8 Å². The molecule has 1 aromatic rings. The first-order valence-electron chi connectivity index (χ1n) is 6.58. The average Bonchev–Trinajstić information content (AvgIpc) is 2.40. The Bertz CT molecular complexity index is 461. The van der Waals surface area contributed by atoms with E-state index in [-0.39, 0.29) is 12.0 Å². The molecule has 0 bridgehead atoms. The SMILES string of the molecule is N#CC(Cc1ccccc1)C(=O)NCC1CC(O)C1. The number of carbonyl (C=O) groups is 1. The molecule has 4 heteroatoms. The lowest BCUT2D eigenvalue weighted by Gasteiger charge is -2.31. The first-order chi connectivity index (χ1) is 9.19. The van der Waals surface area contributed by atoms with Gasteiger partial charge in [-0.2, -0.15) is 5.26 Å². The van der Waals surface area contributed by atoms with Gasteiger partial charge in [0.25, 0.3) is 0 Å². The quantitative estimate of drug-likeness (QED) is 0.835. The van der Waals surface area contributed by atoms with Gasteiger partial charge >= 0.3 is 0 Å². The van der Waals surface area contributed by atoms with Gasteiger partial charge in [-0.15, -0.1) is 0 Å². The average molecular weight is 258 g/mol. The topological polar surface area (TPSA) is 73.1 Å². The first-order valence-corrected chi connectivity index (χ1v) is 6.58. The molecule has 1 aliphatic rings. The second-order valence-corrected chi connectivity index (χ2v) is 5.11. The van der Waals surface area contributed by atoms with Crippen molar-refractivity contribution in [3.8, 4) is 6.07 Å². The van der Waals surface area contributed by atoms with Crippen LogP contribution in [0.15, 0.2) is 30.3 Å². The normalized spacial score (nSPS) is 22.9. The molecule has 0 aliphatic heterocycles. The lowest BCUT2D eigenvalue weighted by atomic mass is 9.82. The highest BCUT2D eigenvalue weighted by Crippen LogP contribution is 2.26. The molecule has 1 amide bonds. The summed E-state index contributed by atoms with van der Waals surface area (Å²) in [6, 6.07) is 11.6. The van der Waals surface area contributed by atoms with E-state index < -0.39 is 5.92 Å². The Labute approximate surface area is 113 Å². The van der Waals surface area contributed by atoms with Crippen molar-refractivity contribution in [1.82, 2.24) is 5.32 Å². The van der Waals surface area contributed by atoms with Gasteiger partial charge in [0, 0.05) is 6.54 Å². The summed E-state index contributed by atoms with van der Waals surface area (Å²) in [5.74, 6) is -0.504. The summed E-state index contributed by atoms with van der Waals surface area (Å²) in [4.78, 5) is 11.9. The van der Waals surface area contributed by atoms with Crippen molar-refractivity contribution in [3.05, 3.63) is 35.9 Å². The molecule has 0 saturated heterocycles. The maximum Gasteiger partial charge on any atom is 0.237 e. The molecule has 0 heterocycles. The fourth-order valence-corrected chi connectivity index (χ4v) is 2.28. The standard InChI is InChI=1S/C15H18N2O2/c16-9-13(6-11-4-2-1-3-5-11)15(19)17-10-12-7-14(18)8-12/h1-5,12-14,18H,6-8,10H2,(H,17,19). The molecule has 1 fully saturated rings. The Balaban J connectivity index is 1.80. The largest absolute Gasteiger partial charge is 0.393 e. The Morgan fingerprint density at radius 1 is 1.42 bits per heavy atom. The van der Waals surface area contributed by atoms with Gasteiger partial charge in [-0.25, -0.2) is 0 Å². The molecule has 1 aliphatic carbocycles. The van der Waals surface area contributed by atoms with Crippen LogP contribution in [-0.2, 0) is 11.2 Å². The van der Waals surface area contributed by atoms with Gasteiger partial charge in [0.1, 0.15) is 5.92 Å². The van der Waals surface area contributed by atoms with E-state index in [9.17, 15) is 4.79 Å². The fraction of sp³-hybridized carbons (Fsp3) is 0.467. The summed E-state index contributed by atoms with van der Waals surface area (Å²) in [6.45, 7) is 0.558. The zero-order valence-corrected chi connectivity index (χ0v) is 10.7. The number of hydrogen-bond donors (Lipinski definition) is 2. The van der Waals surface area contributed by atoms with Crippen LogP contribution in [0.4, 0.5) is 0 Å². The third kappa shape index (κ3) is 3.80. The molecule has 1 atom stereocenters. The monoisotopic (exact) mass is 258 g/mol. The van der Waals surface area contributed by atoms with E-state index in [1.807, 2.05) is 30.3 Å². The number of amides is 1. The van der Waals surface area contributed by atoms with Gasteiger partial charge in [-0.1, -0.05) is 30.3 Å². The number of nitrogens with one attached hydrogen (secondary N) is 1. The van der Waals surface area contributed by atoms with Crippen LogP contribution in [0.2, 0.25) is 0 Å². The molecular weight excluding hydrogens is 240 g/mol. The van der Waals surface area contributed by atoms with Gasteiger partial charge in [-0.05, 0) is 30.7 Å². The summed E-state index contributed by atoms with van der Waals surface area (Å²) < 4.78 is 0. The molecule has 0 radical (unpaired) electrons. The molecule has 1 unspecified atom stereocenters. The highest BCUT2D eigenvalue weighted by atomic mass is 16.3. The van der Waals surface area contributed by atoms with E-state index >= 15 is 0 Å². The van der Waals surface area contributed by atoms with Crippen molar-refractivity contribution in [1.29, 1.82) is 5.26 Å². The second-order valence-electron chi connectivity index (χ2n) is 5.11. The van der Waals surface area contributed by atoms with Crippen molar-refractivity contribution in [2.75, 3.05) is 6.54 Å². The fourth-order valence-electron chi connectivity index (χ4n) is 2.28. The van der Waals surface area contributed by atoms with Gasteiger partial charge in [0.05, 0.1) is 12.2 Å². The van der Waals surface area contributed by atoms with Crippen molar-refractivity contribution in [2.45, 2.75) is 25.4 Å². The number of rotatable bonds is 5. The zero-order valence-electron chi connectivity index (χ0n) is 10.7. The minimum Gasteiger partial charge on any atom is -0.393 e. The van der Waals surface area contributed by atoms with Gasteiger partial charge in [-0.3, -0.25) is 4.79 Å². The number of carbonyl (C=O) groups excluding carboxylic acids is 1. The molecule has 0 spiro atoms. The predicted octanol–water partition coefficient (Wildman–Crippen LogP) is 1.26. The summed E-state index contributed by atoms with van der Waals surface area (Å²) in [6.07, 6.45) is 1.72. The van der Waals surface area contributed by atoms with Crippen LogP contribution >= 0.6 is 0 Å². The van der Waals surface area contributed by atoms with Crippen LogP contribution in [-0.4, -0.2) is 23.7 Å². The van der Waals surface area contributed by atoms with Crippen molar-refractivity contribution in [3.63, 3.8) is 0 Å².